The third kappa shape index (κ3) is 4.81. The Morgan fingerprint density at radius 1 is 1.27 bits per heavy atom. The first-order valence-corrected chi connectivity index (χ1v) is 10.5. The smallest absolute Gasteiger partial charge is 0.261 e. The van der Waals surface area contributed by atoms with Gasteiger partial charge in [0.25, 0.3) is 5.91 Å². The van der Waals surface area contributed by atoms with Crippen LogP contribution in [0.2, 0.25) is 9.36 Å². The monoisotopic (exact) mass is 473 g/mol. The van der Waals surface area contributed by atoms with Crippen LogP contribution in [0.15, 0.2) is 34.8 Å². The fourth-order valence-corrected chi connectivity index (χ4v) is 4.29. The van der Waals surface area contributed by atoms with Crippen molar-refractivity contribution in [3.05, 3.63) is 54.7 Å². The molecule has 0 aliphatic heterocycles. The molecule has 4 nitrogen and oxygen atoms in total. The zero-order valence-electron chi connectivity index (χ0n) is 14.0. The summed E-state index contributed by atoms with van der Waals surface area (Å²) in [6.07, 6.45) is 0.828. The molecule has 2 heterocycles. The number of hydrogen-bond donors (Lipinski definition) is 3. The van der Waals surface area contributed by atoms with E-state index >= 15 is 0 Å². The number of nitrogens with one attached hydrogen (secondary N) is 3. The maximum atomic E-state index is 12.0. The molecule has 1 amide bonds. The highest BCUT2D eigenvalue weighted by Crippen LogP contribution is 2.31. The molecule has 3 rings (SSSR count). The summed E-state index contributed by atoms with van der Waals surface area (Å²) in [4.78, 5) is 16.0. The summed E-state index contributed by atoms with van der Waals surface area (Å²) in [5.74, 6) is -0.141. The Hall–Kier alpha value is -1.05. The zero-order chi connectivity index (χ0) is 18.7. The summed E-state index contributed by atoms with van der Waals surface area (Å²) in [6.45, 7) is 3.51. The molecule has 1 aromatic carbocycles. The van der Waals surface area contributed by atoms with Gasteiger partial charge in [-0.15, -0.1) is 11.3 Å². The lowest BCUT2D eigenvalue weighted by Crippen LogP contribution is -2.27. The minimum atomic E-state index is -0.141. The number of H-pyrrole nitrogens is 1. The third-order valence-electron chi connectivity index (χ3n) is 4.03. The van der Waals surface area contributed by atoms with Crippen LogP contribution in [-0.2, 0) is 0 Å². The van der Waals surface area contributed by atoms with Gasteiger partial charge in [0.1, 0.15) is 4.34 Å². The summed E-state index contributed by atoms with van der Waals surface area (Å²) in [5, 5.41) is 7.95. The Balaban J connectivity index is 1.43. The third-order valence-corrected chi connectivity index (χ3v) is 6.39. The van der Waals surface area contributed by atoms with Crippen molar-refractivity contribution in [1.29, 1.82) is 0 Å². The predicted molar refractivity (Wildman–Crippen MR) is 114 cm³/mol. The van der Waals surface area contributed by atoms with E-state index in [0.717, 1.165) is 28.6 Å². The van der Waals surface area contributed by atoms with Crippen LogP contribution in [-0.4, -0.2) is 24.0 Å². The Labute approximate surface area is 174 Å². The van der Waals surface area contributed by atoms with Crippen molar-refractivity contribution >= 4 is 67.3 Å². The van der Waals surface area contributed by atoms with E-state index in [-0.39, 0.29) is 11.9 Å². The Kier molecular flexibility index (Phi) is 6.64. The van der Waals surface area contributed by atoms with E-state index in [1.165, 1.54) is 16.7 Å². The maximum absolute atomic E-state index is 12.0. The van der Waals surface area contributed by atoms with Crippen molar-refractivity contribution in [1.82, 2.24) is 15.6 Å². The van der Waals surface area contributed by atoms with Crippen LogP contribution in [0, 0.1) is 0 Å². The molecular weight excluding hydrogens is 457 g/mol. The molecule has 0 aliphatic carbocycles. The molecule has 0 saturated carbocycles. The molecule has 0 bridgehead atoms. The van der Waals surface area contributed by atoms with Crippen molar-refractivity contribution in [2.75, 3.05) is 13.1 Å². The van der Waals surface area contributed by atoms with Gasteiger partial charge >= 0.3 is 0 Å². The number of aromatic nitrogens is 1. The standard InChI is InChI=1S/C18H18BrCl2N3OS/c1-10(15-8-11-7-12(19)3-4-14(11)24-15)22-5-2-6-23-18(25)16-9-13(20)17(21)26-16/h3-4,7-10,22,24H,2,5-6H2,1H3,(H,23,25). The molecule has 0 spiro atoms. The Bertz CT molecular complexity index is 905. The average molecular weight is 475 g/mol. The van der Waals surface area contributed by atoms with Crippen molar-refractivity contribution in [2.45, 2.75) is 19.4 Å². The van der Waals surface area contributed by atoms with Crippen LogP contribution in [0.5, 0.6) is 0 Å². The first-order chi connectivity index (χ1) is 12.4. The summed E-state index contributed by atoms with van der Waals surface area (Å²) in [6, 6.07) is 10.1. The molecule has 3 aromatic rings. The lowest BCUT2D eigenvalue weighted by molar-refractivity contribution is 0.0957. The molecule has 0 radical (unpaired) electrons. The number of rotatable bonds is 7. The van der Waals surface area contributed by atoms with Gasteiger partial charge in [-0.3, -0.25) is 4.79 Å². The van der Waals surface area contributed by atoms with Crippen LogP contribution in [0.1, 0.15) is 34.8 Å². The number of benzene rings is 1. The van der Waals surface area contributed by atoms with E-state index in [9.17, 15) is 4.79 Å². The molecule has 26 heavy (non-hydrogen) atoms. The number of aromatic amines is 1. The molecular formula is C18H18BrCl2N3OS. The number of fused-ring (bicyclic) bond motifs is 1. The van der Waals surface area contributed by atoms with Crippen LogP contribution in [0.3, 0.4) is 0 Å². The summed E-state index contributed by atoms with van der Waals surface area (Å²) in [7, 11) is 0. The van der Waals surface area contributed by atoms with E-state index in [0.29, 0.717) is 20.8 Å². The number of carbonyl (C=O) groups excluding carboxylic acids is 1. The van der Waals surface area contributed by atoms with Gasteiger partial charge in [-0.05, 0) is 50.2 Å². The van der Waals surface area contributed by atoms with E-state index in [4.69, 9.17) is 23.2 Å². The minimum Gasteiger partial charge on any atom is -0.357 e. The largest absolute Gasteiger partial charge is 0.357 e. The molecule has 8 heteroatoms. The van der Waals surface area contributed by atoms with Gasteiger partial charge < -0.3 is 15.6 Å². The minimum absolute atomic E-state index is 0.141. The van der Waals surface area contributed by atoms with Crippen molar-refractivity contribution < 1.29 is 4.79 Å². The average Bonchev–Trinajstić information content (AvgIpc) is 3.17. The number of carbonyl (C=O) groups is 1. The number of hydrogen-bond acceptors (Lipinski definition) is 3. The van der Waals surface area contributed by atoms with Crippen molar-refractivity contribution in [2.24, 2.45) is 0 Å². The molecule has 2 aromatic heterocycles. The second kappa shape index (κ2) is 8.76. The molecule has 138 valence electrons. The highest BCUT2D eigenvalue weighted by Gasteiger charge is 2.12. The Morgan fingerprint density at radius 3 is 2.81 bits per heavy atom. The summed E-state index contributed by atoms with van der Waals surface area (Å²) in [5.41, 5.74) is 2.27. The Morgan fingerprint density at radius 2 is 2.08 bits per heavy atom. The fraction of sp³-hybridized carbons (Fsp3) is 0.278. The lowest BCUT2D eigenvalue weighted by Gasteiger charge is -2.12. The topological polar surface area (TPSA) is 56.9 Å². The summed E-state index contributed by atoms with van der Waals surface area (Å²) < 4.78 is 1.51. The number of halogens is 3. The van der Waals surface area contributed by atoms with Gasteiger partial charge in [0.15, 0.2) is 0 Å². The van der Waals surface area contributed by atoms with Gasteiger partial charge in [0.05, 0.1) is 9.90 Å². The zero-order valence-corrected chi connectivity index (χ0v) is 18.0. The fourth-order valence-electron chi connectivity index (χ4n) is 2.62. The van der Waals surface area contributed by atoms with Gasteiger partial charge in [0.2, 0.25) is 0 Å². The first-order valence-electron chi connectivity index (χ1n) is 8.18. The van der Waals surface area contributed by atoms with Gasteiger partial charge in [-0.2, -0.15) is 0 Å². The molecule has 1 unspecified atom stereocenters. The van der Waals surface area contributed by atoms with E-state index in [2.05, 4.69) is 56.7 Å². The van der Waals surface area contributed by atoms with Crippen molar-refractivity contribution in [3.8, 4) is 0 Å². The normalized spacial score (nSPS) is 12.5. The molecule has 1 atom stereocenters. The van der Waals surface area contributed by atoms with E-state index < -0.39 is 0 Å². The van der Waals surface area contributed by atoms with Crippen LogP contribution in [0.4, 0.5) is 0 Å². The van der Waals surface area contributed by atoms with Gasteiger partial charge in [-0.25, -0.2) is 0 Å². The summed E-state index contributed by atoms with van der Waals surface area (Å²) >= 11 is 16.4. The van der Waals surface area contributed by atoms with Crippen LogP contribution >= 0.6 is 50.5 Å². The second-order valence-electron chi connectivity index (χ2n) is 5.97. The van der Waals surface area contributed by atoms with Gasteiger partial charge in [0, 0.05) is 33.7 Å². The van der Waals surface area contributed by atoms with E-state index in [1.54, 1.807) is 6.07 Å². The SMILES string of the molecule is CC(NCCCNC(=O)c1cc(Cl)c(Cl)s1)c1cc2cc(Br)ccc2[nH]1. The van der Waals surface area contributed by atoms with Crippen molar-refractivity contribution in [3.63, 3.8) is 0 Å². The first kappa shape index (κ1) is 19.7. The highest BCUT2D eigenvalue weighted by atomic mass is 79.9. The van der Waals surface area contributed by atoms with Crippen LogP contribution in [0.25, 0.3) is 10.9 Å². The van der Waals surface area contributed by atoms with E-state index in [1.807, 2.05) is 6.07 Å². The molecule has 0 saturated heterocycles. The second-order valence-corrected chi connectivity index (χ2v) is 8.95. The maximum Gasteiger partial charge on any atom is 0.261 e. The predicted octanol–water partition coefficient (Wildman–Crippen LogP) is 5.77. The van der Waals surface area contributed by atoms with Gasteiger partial charge in [-0.1, -0.05) is 39.1 Å². The molecule has 3 N–H and O–H groups in total. The highest BCUT2D eigenvalue weighted by molar-refractivity contribution is 9.10. The van der Waals surface area contributed by atoms with Crippen LogP contribution < -0.4 is 10.6 Å². The lowest BCUT2D eigenvalue weighted by atomic mass is 10.2. The molecule has 0 fully saturated rings. The molecule has 0 aliphatic rings. The quantitative estimate of drug-likeness (QED) is 0.380. The number of amides is 1. The number of thiophene rings is 1.